The van der Waals surface area contributed by atoms with Crippen molar-refractivity contribution >= 4 is 12.1 Å². The molecule has 96 valence electrons. The number of ether oxygens (including phenoxy) is 3. The number of hydrogen-bond acceptors (Lipinski definition) is 5. The minimum Gasteiger partial charge on any atom is -0.465 e. The lowest BCUT2D eigenvalue weighted by atomic mass is 10.1. The minimum atomic E-state index is -0.794. The van der Waals surface area contributed by atoms with Gasteiger partial charge in [0.25, 0.3) is 0 Å². The molecule has 0 spiro atoms. The third-order valence-corrected chi connectivity index (χ3v) is 2.26. The second-order valence-corrected chi connectivity index (χ2v) is 3.34. The van der Waals surface area contributed by atoms with Crippen molar-refractivity contribution in [1.29, 1.82) is 0 Å². The van der Waals surface area contributed by atoms with E-state index in [2.05, 4.69) is 16.1 Å². The number of methoxy groups -OCH3 is 2. The summed E-state index contributed by atoms with van der Waals surface area (Å²) >= 11 is 0. The first kappa shape index (κ1) is 13.8. The molecule has 0 aromatic heterocycles. The van der Waals surface area contributed by atoms with Gasteiger partial charge in [-0.25, -0.2) is 9.59 Å². The molecule has 18 heavy (non-hydrogen) atoms. The molecule has 0 aliphatic heterocycles. The quantitative estimate of drug-likeness (QED) is 0.606. The van der Waals surface area contributed by atoms with Gasteiger partial charge < -0.3 is 14.2 Å². The predicted molar refractivity (Wildman–Crippen MR) is 64.2 cm³/mol. The standard InChI is InChI=1S/C13H14O5/c1-4-11(18-13(15)17-3)9-5-7-10(8-6-9)12(14)16-2/h4-8,11H,1H2,2-3H3/t11-/m1/s1. The van der Waals surface area contributed by atoms with Gasteiger partial charge in [0.2, 0.25) is 0 Å². The van der Waals surface area contributed by atoms with Crippen molar-refractivity contribution in [2.75, 3.05) is 14.2 Å². The van der Waals surface area contributed by atoms with Crippen molar-refractivity contribution in [3.8, 4) is 0 Å². The first-order valence-electron chi connectivity index (χ1n) is 5.17. The Morgan fingerprint density at radius 2 is 1.78 bits per heavy atom. The molecule has 1 atom stereocenters. The van der Waals surface area contributed by atoms with E-state index >= 15 is 0 Å². The normalized spacial score (nSPS) is 11.2. The van der Waals surface area contributed by atoms with E-state index in [1.165, 1.54) is 20.3 Å². The van der Waals surface area contributed by atoms with E-state index < -0.39 is 18.2 Å². The van der Waals surface area contributed by atoms with Gasteiger partial charge in [-0.15, -0.1) is 0 Å². The number of esters is 1. The highest BCUT2D eigenvalue weighted by Crippen LogP contribution is 2.19. The third kappa shape index (κ3) is 3.35. The van der Waals surface area contributed by atoms with Crippen LogP contribution in [0, 0.1) is 0 Å². The van der Waals surface area contributed by atoms with Crippen LogP contribution in [0.4, 0.5) is 4.79 Å². The van der Waals surface area contributed by atoms with Gasteiger partial charge in [0.1, 0.15) is 6.10 Å². The van der Waals surface area contributed by atoms with Crippen LogP contribution in [0.2, 0.25) is 0 Å². The number of carbonyl (C=O) groups excluding carboxylic acids is 2. The molecule has 0 unspecified atom stereocenters. The minimum absolute atomic E-state index is 0.419. The monoisotopic (exact) mass is 250 g/mol. The van der Waals surface area contributed by atoms with Gasteiger partial charge in [0.15, 0.2) is 0 Å². The molecule has 0 saturated carbocycles. The van der Waals surface area contributed by atoms with Crippen molar-refractivity contribution in [2.24, 2.45) is 0 Å². The lowest BCUT2D eigenvalue weighted by Gasteiger charge is -2.13. The second kappa shape index (κ2) is 6.44. The lowest BCUT2D eigenvalue weighted by Crippen LogP contribution is -2.09. The maximum absolute atomic E-state index is 11.2. The molecule has 0 aliphatic rings. The Hall–Kier alpha value is -2.30. The zero-order valence-electron chi connectivity index (χ0n) is 10.2. The number of benzene rings is 1. The number of carbonyl (C=O) groups is 2. The summed E-state index contributed by atoms with van der Waals surface area (Å²) < 4.78 is 13.9. The summed E-state index contributed by atoms with van der Waals surface area (Å²) in [6.07, 6.45) is 0.0467. The molecule has 1 aromatic rings. The van der Waals surface area contributed by atoms with E-state index in [0.717, 1.165) is 0 Å². The van der Waals surface area contributed by atoms with Crippen molar-refractivity contribution < 1.29 is 23.8 Å². The van der Waals surface area contributed by atoms with Crippen LogP contribution in [0.3, 0.4) is 0 Å². The third-order valence-electron chi connectivity index (χ3n) is 2.26. The van der Waals surface area contributed by atoms with Crippen molar-refractivity contribution in [1.82, 2.24) is 0 Å². The number of hydrogen-bond donors (Lipinski definition) is 0. The van der Waals surface area contributed by atoms with E-state index in [0.29, 0.717) is 11.1 Å². The highest BCUT2D eigenvalue weighted by atomic mass is 16.7. The van der Waals surface area contributed by atoms with Crippen molar-refractivity contribution in [3.63, 3.8) is 0 Å². The van der Waals surface area contributed by atoms with E-state index in [1.807, 2.05) is 0 Å². The van der Waals surface area contributed by atoms with Gasteiger partial charge >= 0.3 is 12.1 Å². The second-order valence-electron chi connectivity index (χ2n) is 3.34. The highest BCUT2D eigenvalue weighted by molar-refractivity contribution is 5.89. The topological polar surface area (TPSA) is 61.8 Å². The fourth-order valence-electron chi connectivity index (χ4n) is 1.33. The largest absolute Gasteiger partial charge is 0.508 e. The maximum Gasteiger partial charge on any atom is 0.508 e. The molecule has 5 heteroatoms. The van der Waals surface area contributed by atoms with Crippen LogP contribution in [-0.2, 0) is 14.2 Å². The van der Waals surface area contributed by atoms with Crippen LogP contribution in [0.25, 0.3) is 0 Å². The summed E-state index contributed by atoms with van der Waals surface area (Å²) in [5.41, 5.74) is 1.10. The van der Waals surface area contributed by atoms with Crippen molar-refractivity contribution in [3.05, 3.63) is 48.0 Å². The van der Waals surface area contributed by atoms with Gasteiger partial charge in [0, 0.05) is 0 Å². The molecule has 0 saturated heterocycles. The molecular weight excluding hydrogens is 236 g/mol. The molecule has 0 radical (unpaired) electrons. The van der Waals surface area contributed by atoms with Gasteiger partial charge in [-0.3, -0.25) is 0 Å². The van der Waals surface area contributed by atoms with Gasteiger partial charge in [-0.05, 0) is 23.8 Å². The summed E-state index contributed by atoms with van der Waals surface area (Å²) in [7, 11) is 2.53. The van der Waals surface area contributed by atoms with Gasteiger partial charge in [0.05, 0.1) is 19.8 Å². The smallest absolute Gasteiger partial charge is 0.465 e. The summed E-state index contributed by atoms with van der Waals surface area (Å²) in [4.78, 5) is 22.3. The van der Waals surface area contributed by atoms with E-state index in [-0.39, 0.29) is 0 Å². The van der Waals surface area contributed by atoms with Gasteiger partial charge in [-0.1, -0.05) is 18.7 Å². The molecule has 0 bridgehead atoms. The van der Waals surface area contributed by atoms with E-state index in [4.69, 9.17) is 4.74 Å². The maximum atomic E-state index is 11.2. The molecule has 0 heterocycles. The number of rotatable bonds is 4. The Balaban J connectivity index is 2.85. The van der Waals surface area contributed by atoms with Crippen LogP contribution in [0.1, 0.15) is 22.0 Å². The van der Waals surface area contributed by atoms with Crippen LogP contribution in [0.5, 0.6) is 0 Å². The first-order valence-corrected chi connectivity index (χ1v) is 5.17. The molecule has 1 rings (SSSR count). The Bertz CT molecular complexity index is 435. The van der Waals surface area contributed by atoms with E-state index in [9.17, 15) is 9.59 Å². The fourth-order valence-corrected chi connectivity index (χ4v) is 1.33. The zero-order valence-corrected chi connectivity index (χ0v) is 10.2. The van der Waals surface area contributed by atoms with E-state index in [1.54, 1.807) is 24.3 Å². The Labute approximate surface area is 105 Å². The molecule has 0 fully saturated rings. The Kier molecular flexibility index (Phi) is 4.92. The first-order chi connectivity index (χ1) is 8.62. The molecule has 0 N–H and O–H groups in total. The summed E-state index contributed by atoms with van der Waals surface area (Å²) in [5.74, 6) is -0.425. The van der Waals surface area contributed by atoms with Gasteiger partial charge in [-0.2, -0.15) is 0 Å². The Morgan fingerprint density at radius 3 is 2.22 bits per heavy atom. The van der Waals surface area contributed by atoms with Crippen LogP contribution < -0.4 is 0 Å². The van der Waals surface area contributed by atoms with Crippen LogP contribution >= 0.6 is 0 Å². The molecule has 5 nitrogen and oxygen atoms in total. The summed E-state index contributed by atoms with van der Waals surface area (Å²) in [6, 6.07) is 6.47. The summed E-state index contributed by atoms with van der Waals surface area (Å²) in [5, 5.41) is 0. The predicted octanol–water partition coefficient (Wildman–Crippen LogP) is 2.48. The average molecular weight is 250 g/mol. The molecular formula is C13H14O5. The molecule has 0 amide bonds. The highest BCUT2D eigenvalue weighted by Gasteiger charge is 2.14. The van der Waals surface area contributed by atoms with Crippen molar-refractivity contribution in [2.45, 2.75) is 6.10 Å². The average Bonchev–Trinajstić information content (AvgIpc) is 2.43. The molecule has 1 aromatic carbocycles. The Morgan fingerprint density at radius 1 is 1.17 bits per heavy atom. The SMILES string of the molecule is C=C[C@@H](OC(=O)OC)c1ccc(C(=O)OC)cc1. The summed E-state index contributed by atoms with van der Waals surface area (Å²) in [6.45, 7) is 3.57. The van der Waals surface area contributed by atoms with Crippen LogP contribution in [-0.4, -0.2) is 26.3 Å². The zero-order chi connectivity index (χ0) is 13.5. The van der Waals surface area contributed by atoms with Crippen LogP contribution in [0.15, 0.2) is 36.9 Å². The lowest BCUT2D eigenvalue weighted by molar-refractivity contribution is 0.0519. The molecule has 0 aliphatic carbocycles. The fraction of sp³-hybridized carbons (Fsp3) is 0.231.